The number of aliphatic hydroxyl groups is 1. The Morgan fingerprint density at radius 2 is 1.92 bits per heavy atom. The van der Waals surface area contributed by atoms with Crippen molar-refractivity contribution >= 4 is 0 Å². The minimum absolute atomic E-state index is 0.105. The number of halogens is 3. The van der Waals surface area contributed by atoms with Gasteiger partial charge < -0.3 is 10.4 Å². The van der Waals surface area contributed by atoms with Crippen molar-refractivity contribution in [3.63, 3.8) is 0 Å². The molecule has 0 amide bonds. The minimum Gasteiger partial charge on any atom is -0.389 e. The molecule has 0 aromatic carbocycles. The molecule has 13 heavy (non-hydrogen) atoms. The van der Waals surface area contributed by atoms with Gasteiger partial charge in [0.2, 0.25) is 0 Å². The van der Waals surface area contributed by atoms with E-state index in [0.29, 0.717) is 12.8 Å². The average molecular weight is 197 g/mol. The average Bonchev–Trinajstić information content (AvgIpc) is 1.93. The third-order valence-electron chi connectivity index (χ3n) is 2.32. The lowest BCUT2D eigenvalue weighted by atomic mass is 9.80. The zero-order valence-electron chi connectivity index (χ0n) is 7.32. The van der Waals surface area contributed by atoms with Crippen LogP contribution in [0.4, 0.5) is 13.2 Å². The number of rotatable bonds is 4. The summed E-state index contributed by atoms with van der Waals surface area (Å²) >= 11 is 0. The van der Waals surface area contributed by atoms with E-state index in [-0.39, 0.29) is 13.1 Å². The fourth-order valence-electron chi connectivity index (χ4n) is 1.31. The highest BCUT2D eigenvalue weighted by molar-refractivity contribution is 4.89. The predicted octanol–water partition coefficient (Wildman–Crippen LogP) is 1.44. The lowest BCUT2D eigenvalue weighted by molar-refractivity contribution is -0.134. The Balaban J connectivity index is 2.01. The van der Waals surface area contributed by atoms with Crippen LogP contribution in [0, 0.1) is 0 Å². The second-order valence-electron chi connectivity index (χ2n) is 3.62. The van der Waals surface area contributed by atoms with Crippen LogP contribution in [0.1, 0.15) is 25.7 Å². The Bertz CT molecular complexity index is 165. The number of hydrogen-bond acceptors (Lipinski definition) is 2. The van der Waals surface area contributed by atoms with Gasteiger partial charge in [-0.2, -0.15) is 13.2 Å². The zero-order chi connectivity index (χ0) is 9.95. The zero-order valence-corrected chi connectivity index (χ0v) is 7.32. The standard InChI is InChI=1S/C8H14F3NO/c9-8(10,11)4-5-12-6-7(13)2-1-3-7/h12-13H,1-6H2. The summed E-state index contributed by atoms with van der Waals surface area (Å²) in [6.45, 7) is 0.175. The van der Waals surface area contributed by atoms with Crippen LogP contribution in [0.15, 0.2) is 0 Å². The summed E-state index contributed by atoms with van der Waals surface area (Å²) in [5.41, 5.74) is -0.731. The summed E-state index contributed by atoms with van der Waals surface area (Å²) in [6, 6.07) is 0. The monoisotopic (exact) mass is 197 g/mol. The molecule has 1 rings (SSSR count). The van der Waals surface area contributed by atoms with E-state index in [2.05, 4.69) is 5.32 Å². The highest BCUT2D eigenvalue weighted by atomic mass is 19.4. The van der Waals surface area contributed by atoms with E-state index in [1.807, 2.05) is 0 Å². The van der Waals surface area contributed by atoms with Crippen LogP contribution in [0.25, 0.3) is 0 Å². The van der Waals surface area contributed by atoms with E-state index in [9.17, 15) is 18.3 Å². The van der Waals surface area contributed by atoms with Crippen LogP contribution in [0.3, 0.4) is 0 Å². The Kier molecular flexibility index (Phi) is 3.18. The van der Waals surface area contributed by atoms with Gasteiger partial charge in [0.1, 0.15) is 0 Å². The molecule has 1 fully saturated rings. The van der Waals surface area contributed by atoms with Crippen molar-refractivity contribution in [2.45, 2.75) is 37.5 Å². The van der Waals surface area contributed by atoms with E-state index in [4.69, 9.17) is 0 Å². The van der Waals surface area contributed by atoms with Crippen molar-refractivity contribution < 1.29 is 18.3 Å². The molecule has 0 saturated heterocycles. The summed E-state index contributed by atoms with van der Waals surface area (Å²) in [7, 11) is 0. The molecule has 0 spiro atoms. The highest BCUT2D eigenvalue weighted by Gasteiger charge is 2.34. The SMILES string of the molecule is OC1(CNCCC(F)(F)F)CCC1. The first-order valence-electron chi connectivity index (χ1n) is 4.41. The van der Waals surface area contributed by atoms with Crippen molar-refractivity contribution in [3.05, 3.63) is 0 Å². The number of nitrogens with one attached hydrogen (secondary N) is 1. The van der Waals surface area contributed by atoms with Gasteiger partial charge in [-0.15, -0.1) is 0 Å². The van der Waals surface area contributed by atoms with E-state index >= 15 is 0 Å². The van der Waals surface area contributed by atoms with E-state index < -0.39 is 18.2 Å². The molecule has 1 aliphatic carbocycles. The van der Waals surface area contributed by atoms with Crippen LogP contribution < -0.4 is 5.32 Å². The van der Waals surface area contributed by atoms with Gasteiger partial charge in [-0.1, -0.05) is 0 Å². The van der Waals surface area contributed by atoms with Crippen molar-refractivity contribution in [3.8, 4) is 0 Å². The summed E-state index contributed by atoms with van der Waals surface area (Å²) in [4.78, 5) is 0. The molecule has 0 aromatic rings. The molecule has 2 N–H and O–H groups in total. The topological polar surface area (TPSA) is 32.3 Å². The molecule has 0 aromatic heterocycles. The third-order valence-corrected chi connectivity index (χ3v) is 2.32. The lowest BCUT2D eigenvalue weighted by Crippen LogP contribution is -2.46. The molecule has 1 saturated carbocycles. The van der Waals surface area contributed by atoms with Crippen LogP contribution in [0.2, 0.25) is 0 Å². The highest BCUT2D eigenvalue weighted by Crippen LogP contribution is 2.30. The molecule has 0 heterocycles. The van der Waals surface area contributed by atoms with Gasteiger partial charge >= 0.3 is 6.18 Å². The third kappa shape index (κ3) is 3.95. The number of hydrogen-bond donors (Lipinski definition) is 2. The molecule has 0 radical (unpaired) electrons. The van der Waals surface area contributed by atoms with Gasteiger partial charge in [0.25, 0.3) is 0 Å². The predicted molar refractivity (Wildman–Crippen MR) is 42.3 cm³/mol. The second-order valence-corrected chi connectivity index (χ2v) is 3.62. The van der Waals surface area contributed by atoms with Crippen LogP contribution in [-0.4, -0.2) is 30.0 Å². The first-order chi connectivity index (χ1) is 5.91. The van der Waals surface area contributed by atoms with Crippen molar-refractivity contribution in [2.24, 2.45) is 0 Å². The normalized spacial score (nSPS) is 21.2. The van der Waals surface area contributed by atoms with E-state index in [0.717, 1.165) is 6.42 Å². The maximum absolute atomic E-state index is 11.7. The minimum atomic E-state index is -4.10. The van der Waals surface area contributed by atoms with E-state index in [1.54, 1.807) is 0 Å². The Hall–Kier alpha value is -0.290. The molecule has 0 aliphatic heterocycles. The lowest BCUT2D eigenvalue weighted by Gasteiger charge is -2.36. The fraction of sp³-hybridized carbons (Fsp3) is 1.00. The largest absolute Gasteiger partial charge is 0.390 e. The quantitative estimate of drug-likeness (QED) is 0.668. The molecule has 1 aliphatic rings. The second kappa shape index (κ2) is 3.84. The maximum Gasteiger partial charge on any atom is 0.390 e. The molecule has 78 valence electrons. The molecule has 5 heteroatoms. The molecule has 0 atom stereocenters. The van der Waals surface area contributed by atoms with Crippen molar-refractivity contribution in [1.82, 2.24) is 5.32 Å². The smallest absolute Gasteiger partial charge is 0.389 e. The molecular weight excluding hydrogens is 183 g/mol. The Morgan fingerprint density at radius 3 is 2.31 bits per heavy atom. The first-order valence-corrected chi connectivity index (χ1v) is 4.41. The fourth-order valence-corrected chi connectivity index (χ4v) is 1.31. The maximum atomic E-state index is 11.7. The number of alkyl halides is 3. The van der Waals surface area contributed by atoms with Crippen molar-refractivity contribution in [1.29, 1.82) is 0 Å². The Morgan fingerprint density at radius 1 is 1.31 bits per heavy atom. The van der Waals surface area contributed by atoms with Crippen molar-refractivity contribution in [2.75, 3.05) is 13.1 Å². The first kappa shape index (κ1) is 10.8. The Labute approximate surface area is 75.1 Å². The van der Waals surface area contributed by atoms with Crippen LogP contribution >= 0.6 is 0 Å². The molecular formula is C8H14F3NO. The summed E-state index contributed by atoms with van der Waals surface area (Å²) < 4.78 is 35.0. The molecule has 0 unspecified atom stereocenters. The van der Waals surface area contributed by atoms with Gasteiger partial charge in [0.05, 0.1) is 12.0 Å². The van der Waals surface area contributed by atoms with Gasteiger partial charge in [0.15, 0.2) is 0 Å². The summed E-state index contributed by atoms with van der Waals surface area (Å²) in [5.74, 6) is 0. The van der Waals surface area contributed by atoms with E-state index in [1.165, 1.54) is 0 Å². The summed E-state index contributed by atoms with van der Waals surface area (Å²) in [6.07, 6.45) is -2.56. The van der Waals surface area contributed by atoms with Crippen LogP contribution in [-0.2, 0) is 0 Å². The van der Waals surface area contributed by atoms with Gasteiger partial charge in [-0.25, -0.2) is 0 Å². The van der Waals surface area contributed by atoms with Crippen LogP contribution in [0.5, 0.6) is 0 Å². The summed E-state index contributed by atoms with van der Waals surface area (Å²) in [5, 5.41) is 12.1. The molecule has 0 bridgehead atoms. The van der Waals surface area contributed by atoms with Gasteiger partial charge in [-0.05, 0) is 19.3 Å². The van der Waals surface area contributed by atoms with Gasteiger partial charge in [-0.3, -0.25) is 0 Å². The van der Waals surface area contributed by atoms with Gasteiger partial charge in [0, 0.05) is 13.1 Å². The molecule has 2 nitrogen and oxygen atoms in total.